The summed E-state index contributed by atoms with van der Waals surface area (Å²) in [5.41, 5.74) is 2.99. The van der Waals surface area contributed by atoms with Gasteiger partial charge in [0.15, 0.2) is 0 Å². The maximum absolute atomic E-state index is 14.1. The molecule has 1 nitrogen and oxygen atoms in total. The van der Waals surface area contributed by atoms with Crippen LogP contribution in [0.15, 0.2) is 40.9 Å². The smallest absolute Gasteiger partial charge is 0.129 e. The number of hydrogen-bond donors (Lipinski definition) is 1. The van der Waals surface area contributed by atoms with Gasteiger partial charge in [-0.05, 0) is 59.6 Å². The van der Waals surface area contributed by atoms with Crippen LogP contribution in [0.3, 0.4) is 0 Å². The van der Waals surface area contributed by atoms with E-state index in [1.165, 1.54) is 17.2 Å². The van der Waals surface area contributed by atoms with Crippen molar-refractivity contribution in [1.29, 1.82) is 0 Å². The third kappa shape index (κ3) is 3.40. The number of likely N-dealkylation sites (N-methyl/N-ethyl adjacent to an activating group) is 1. The standard InChI is InChI=1S/C16H16BrClFN/c1-10-5-3-4-6-11(10)7-16(20-2)12-8-14(18)13(17)9-15(12)19/h3-6,8-9,16,20H,7H2,1-2H3. The van der Waals surface area contributed by atoms with Gasteiger partial charge in [0.05, 0.1) is 5.02 Å². The molecule has 0 saturated carbocycles. The van der Waals surface area contributed by atoms with E-state index in [0.29, 0.717) is 15.1 Å². The van der Waals surface area contributed by atoms with Crippen molar-refractivity contribution >= 4 is 27.5 Å². The van der Waals surface area contributed by atoms with Gasteiger partial charge >= 0.3 is 0 Å². The van der Waals surface area contributed by atoms with Crippen LogP contribution in [0.4, 0.5) is 4.39 Å². The Hall–Kier alpha value is -0.900. The van der Waals surface area contributed by atoms with Crippen molar-refractivity contribution in [1.82, 2.24) is 5.32 Å². The molecule has 2 rings (SSSR count). The van der Waals surface area contributed by atoms with Crippen LogP contribution in [0, 0.1) is 12.7 Å². The van der Waals surface area contributed by atoms with Gasteiger partial charge in [-0.1, -0.05) is 35.9 Å². The Morgan fingerprint density at radius 2 is 2.00 bits per heavy atom. The first kappa shape index (κ1) is 15.5. The van der Waals surface area contributed by atoms with Crippen LogP contribution in [0.1, 0.15) is 22.7 Å². The van der Waals surface area contributed by atoms with Crippen LogP contribution in [-0.2, 0) is 6.42 Å². The molecule has 0 bridgehead atoms. The number of halogens is 3. The zero-order valence-electron chi connectivity index (χ0n) is 11.4. The van der Waals surface area contributed by atoms with E-state index in [1.54, 1.807) is 6.07 Å². The zero-order chi connectivity index (χ0) is 14.7. The van der Waals surface area contributed by atoms with Gasteiger partial charge in [-0.2, -0.15) is 0 Å². The van der Waals surface area contributed by atoms with Gasteiger partial charge in [-0.25, -0.2) is 4.39 Å². The first-order chi connectivity index (χ1) is 9.52. The van der Waals surface area contributed by atoms with E-state index in [2.05, 4.69) is 40.3 Å². The minimum Gasteiger partial charge on any atom is -0.313 e. The average molecular weight is 357 g/mol. The van der Waals surface area contributed by atoms with E-state index < -0.39 is 0 Å². The van der Waals surface area contributed by atoms with Gasteiger partial charge in [0.25, 0.3) is 0 Å². The molecule has 0 aliphatic carbocycles. The topological polar surface area (TPSA) is 12.0 Å². The highest BCUT2D eigenvalue weighted by Crippen LogP contribution is 2.30. The predicted molar refractivity (Wildman–Crippen MR) is 85.8 cm³/mol. The van der Waals surface area contributed by atoms with Gasteiger partial charge < -0.3 is 5.32 Å². The van der Waals surface area contributed by atoms with Crippen molar-refractivity contribution in [3.63, 3.8) is 0 Å². The summed E-state index contributed by atoms with van der Waals surface area (Å²) >= 11 is 9.32. The summed E-state index contributed by atoms with van der Waals surface area (Å²) in [5, 5.41) is 3.69. The fourth-order valence-electron chi connectivity index (χ4n) is 2.23. The van der Waals surface area contributed by atoms with Crippen LogP contribution >= 0.6 is 27.5 Å². The van der Waals surface area contributed by atoms with Crippen LogP contribution in [-0.4, -0.2) is 7.05 Å². The Bertz CT molecular complexity index is 615. The summed E-state index contributed by atoms with van der Waals surface area (Å²) in [7, 11) is 1.83. The summed E-state index contributed by atoms with van der Waals surface area (Å²) in [6.45, 7) is 2.06. The molecule has 0 fully saturated rings. The van der Waals surface area contributed by atoms with Crippen LogP contribution in [0.25, 0.3) is 0 Å². The van der Waals surface area contributed by atoms with E-state index in [9.17, 15) is 4.39 Å². The maximum Gasteiger partial charge on any atom is 0.129 e. The second-order valence-corrected chi connectivity index (χ2v) is 6.02. The molecule has 4 heteroatoms. The normalized spacial score (nSPS) is 12.4. The van der Waals surface area contributed by atoms with Gasteiger partial charge in [0.1, 0.15) is 5.82 Å². The Labute approximate surface area is 132 Å². The molecule has 106 valence electrons. The van der Waals surface area contributed by atoms with Gasteiger partial charge in [0, 0.05) is 16.1 Å². The Morgan fingerprint density at radius 1 is 1.30 bits per heavy atom. The SMILES string of the molecule is CNC(Cc1ccccc1C)c1cc(Cl)c(Br)cc1F. The molecular weight excluding hydrogens is 341 g/mol. The van der Waals surface area contributed by atoms with Crippen LogP contribution in [0.2, 0.25) is 5.02 Å². The molecular formula is C16H16BrClFN. The maximum atomic E-state index is 14.1. The molecule has 0 aliphatic rings. The quantitative estimate of drug-likeness (QED) is 0.756. The average Bonchev–Trinajstić information content (AvgIpc) is 2.42. The van der Waals surface area contributed by atoms with Crippen molar-refractivity contribution in [2.75, 3.05) is 7.05 Å². The summed E-state index contributed by atoms with van der Waals surface area (Å²) < 4.78 is 14.7. The molecule has 20 heavy (non-hydrogen) atoms. The van der Waals surface area contributed by atoms with E-state index in [1.807, 2.05) is 19.2 Å². The fourth-order valence-corrected chi connectivity index (χ4v) is 2.72. The largest absolute Gasteiger partial charge is 0.313 e. The van der Waals surface area contributed by atoms with Gasteiger partial charge in [0.2, 0.25) is 0 Å². The summed E-state index contributed by atoms with van der Waals surface area (Å²) in [6.07, 6.45) is 0.720. The highest BCUT2D eigenvalue weighted by atomic mass is 79.9. The van der Waals surface area contributed by atoms with Crippen molar-refractivity contribution in [2.24, 2.45) is 0 Å². The molecule has 1 atom stereocenters. The minimum atomic E-state index is -0.255. The third-order valence-electron chi connectivity index (χ3n) is 3.45. The molecule has 0 amide bonds. The molecule has 0 saturated heterocycles. The van der Waals surface area contributed by atoms with E-state index in [-0.39, 0.29) is 11.9 Å². The highest BCUT2D eigenvalue weighted by molar-refractivity contribution is 9.10. The fraction of sp³-hybridized carbons (Fsp3) is 0.250. The minimum absolute atomic E-state index is 0.110. The zero-order valence-corrected chi connectivity index (χ0v) is 13.7. The molecule has 2 aromatic carbocycles. The lowest BCUT2D eigenvalue weighted by Gasteiger charge is -2.19. The number of hydrogen-bond acceptors (Lipinski definition) is 1. The summed E-state index contributed by atoms with van der Waals surface area (Å²) in [5.74, 6) is -0.255. The summed E-state index contributed by atoms with van der Waals surface area (Å²) in [4.78, 5) is 0. The molecule has 0 radical (unpaired) electrons. The molecule has 0 aliphatic heterocycles. The van der Waals surface area contributed by atoms with Gasteiger partial charge in [-0.15, -0.1) is 0 Å². The van der Waals surface area contributed by atoms with Crippen molar-refractivity contribution in [3.8, 4) is 0 Å². The molecule has 1 unspecified atom stereocenters. The molecule has 1 N–H and O–H groups in total. The highest BCUT2D eigenvalue weighted by Gasteiger charge is 2.17. The lowest BCUT2D eigenvalue weighted by molar-refractivity contribution is 0.533. The van der Waals surface area contributed by atoms with Crippen molar-refractivity contribution in [2.45, 2.75) is 19.4 Å². The Balaban J connectivity index is 2.34. The third-order valence-corrected chi connectivity index (χ3v) is 4.65. The number of nitrogens with one attached hydrogen (secondary N) is 1. The first-order valence-electron chi connectivity index (χ1n) is 6.39. The van der Waals surface area contributed by atoms with E-state index in [4.69, 9.17) is 11.6 Å². The molecule has 0 aromatic heterocycles. The van der Waals surface area contributed by atoms with E-state index in [0.717, 1.165) is 6.42 Å². The summed E-state index contributed by atoms with van der Waals surface area (Å²) in [6, 6.07) is 11.1. The monoisotopic (exact) mass is 355 g/mol. The van der Waals surface area contributed by atoms with Crippen molar-refractivity contribution < 1.29 is 4.39 Å². The number of benzene rings is 2. The van der Waals surface area contributed by atoms with Crippen LogP contribution in [0.5, 0.6) is 0 Å². The first-order valence-corrected chi connectivity index (χ1v) is 7.56. The Kier molecular flexibility index (Phi) is 5.19. The van der Waals surface area contributed by atoms with Crippen molar-refractivity contribution in [3.05, 3.63) is 68.4 Å². The van der Waals surface area contributed by atoms with Gasteiger partial charge in [-0.3, -0.25) is 0 Å². The van der Waals surface area contributed by atoms with Crippen LogP contribution < -0.4 is 5.32 Å². The molecule has 0 spiro atoms. The lowest BCUT2D eigenvalue weighted by Crippen LogP contribution is -2.20. The Morgan fingerprint density at radius 3 is 2.65 bits per heavy atom. The number of aryl methyl sites for hydroxylation is 1. The second kappa shape index (κ2) is 6.70. The predicted octanol–water partition coefficient (Wildman–Crippen LogP) is 5.05. The number of rotatable bonds is 4. The van der Waals surface area contributed by atoms with E-state index >= 15 is 0 Å². The molecule has 2 aromatic rings. The lowest BCUT2D eigenvalue weighted by atomic mass is 9.96. The second-order valence-electron chi connectivity index (χ2n) is 4.76. The molecule has 0 heterocycles.